The van der Waals surface area contributed by atoms with Crippen LogP contribution in [0.3, 0.4) is 0 Å². The highest BCUT2D eigenvalue weighted by molar-refractivity contribution is 7.98. The molecule has 0 aliphatic rings. The summed E-state index contributed by atoms with van der Waals surface area (Å²) < 4.78 is 13.7. The molecule has 0 fully saturated rings. The van der Waals surface area contributed by atoms with Crippen molar-refractivity contribution in [3.05, 3.63) is 35.1 Å². The average Bonchev–Trinajstić information content (AvgIpc) is 2.46. The van der Waals surface area contributed by atoms with Gasteiger partial charge in [-0.3, -0.25) is 4.79 Å². The summed E-state index contributed by atoms with van der Waals surface area (Å²) in [5.74, 6) is 0.154. The molecule has 0 aliphatic heterocycles. The maximum absolute atomic E-state index is 13.7. The van der Waals surface area contributed by atoms with Gasteiger partial charge in [0.15, 0.2) is 0 Å². The number of hydrogen-bond donors (Lipinski definition) is 1. The van der Waals surface area contributed by atoms with Crippen molar-refractivity contribution >= 4 is 17.7 Å². The second-order valence-electron chi connectivity index (χ2n) is 4.50. The van der Waals surface area contributed by atoms with Crippen LogP contribution in [-0.4, -0.2) is 35.9 Å². The van der Waals surface area contributed by atoms with Crippen LogP contribution in [0.2, 0.25) is 0 Å². The summed E-state index contributed by atoms with van der Waals surface area (Å²) in [7, 11) is 1.58. The number of likely N-dealkylation sites (N-methyl/N-ethyl adjacent to an activating group) is 1. The number of thioether (sulfide) groups is 1. The molecule has 108 valence electrons. The summed E-state index contributed by atoms with van der Waals surface area (Å²) in [5.41, 5.74) is 6.49. The van der Waals surface area contributed by atoms with E-state index < -0.39 is 11.9 Å². The lowest BCUT2D eigenvalue weighted by Gasteiger charge is -2.21. The van der Waals surface area contributed by atoms with Crippen LogP contribution in [0.5, 0.6) is 0 Å². The Morgan fingerprint density at radius 3 is 2.90 bits per heavy atom. The van der Waals surface area contributed by atoms with Crippen molar-refractivity contribution in [3.8, 4) is 6.07 Å². The van der Waals surface area contributed by atoms with Crippen LogP contribution in [0.1, 0.15) is 17.5 Å². The Balaban J connectivity index is 2.73. The van der Waals surface area contributed by atoms with Gasteiger partial charge in [0.25, 0.3) is 0 Å². The van der Waals surface area contributed by atoms with Crippen molar-refractivity contribution in [2.45, 2.75) is 19.0 Å². The van der Waals surface area contributed by atoms with E-state index in [4.69, 9.17) is 11.0 Å². The van der Waals surface area contributed by atoms with Gasteiger partial charge in [-0.05, 0) is 36.6 Å². The normalized spacial score (nSPS) is 11.8. The first-order chi connectivity index (χ1) is 9.49. The molecule has 0 saturated heterocycles. The van der Waals surface area contributed by atoms with Crippen molar-refractivity contribution in [1.82, 2.24) is 4.90 Å². The summed E-state index contributed by atoms with van der Waals surface area (Å²) >= 11 is 1.62. The Labute approximate surface area is 122 Å². The predicted molar refractivity (Wildman–Crippen MR) is 78.6 cm³/mol. The van der Waals surface area contributed by atoms with Gasteiger partial charge in [-0.25, -0.2) is 4.39 Å². The summed E-state index contributed by atoms with van der Waals surface area (Å²) in [6.45, 7) is 0.104. The van der Waals surface area contributed by atoms with E-state index in [9.17, 15) is 9.18 Å². The minimum absolute atomic E-state index is 0.104. The van der Waals surface area contributed by atoms with E-state index >= 15 is 0 Å². The number of carbonyl (C=O) groups excluding carboxylic acids is 1. The second kappa shape index (κ2) is 7.88. The molecule has 2 N–H and O–H groups in total. The lowest BCUT2D eigenvalue weighted by molar-refractivity contribution is -0.131. The zero-order valence-corrected chi connectivity index (χ0v) is 12.4. The van der Waals surface area contributed by atoms with E-state index in [0.29, 0.717) is 17.5 Å². The molecule has 0 aromatic heterocycles. The SMILES string of the molecule is CSCC[C@H](N)C(=O)N(C)Cc1cc(C#N)ccc1F. The van der Waals surface area contributed by atoms with Crippen LogP contribution < -0.4 is 5.73 Å². The van der Waals surface area contributed by atoms with Crippen LogP contribution in [0.15, 0.2) is 18.2 Å². The van der Waals surface area contributed by atoms with Gasteiger partial charge < -0.3 is 10.6 Å². The van der Waals surface area contributed by atoms with Gasteiger partial charge in [0.05, 0.1) is 17.7 Å². The first kappa shape index (κ1) is 16.5. The number of nitrogens with two attached hydrogens (primary N) is 1. The van der Waals surface area contributed by atoms with E-state index in [1.807, 2.05) is 12.3 Å². The van der Waals surface area contributed by atoms with Gasteiger partial charge in [-0.2, -0.15) is 17.0 Å². The molecule has 0 saturated carbocycles. The van der Waals surface area contributed by atoms with E-state index in [-0.39, 0.29) is 12.5 Å². The third kappa shape index (κ3) is 4.51. The number of carbonyl (C=O) groups is 1. The molecular formula is C14H18FN3OS. The number of halogens is 1. The molecule has 20 heavy (non-hydrogen) atoms. The highest BCUT2D eigenvalue weighted by Gasteiger charge is 2.18. The molecule has 1 rings (SSSR count). The Bertz CT molecular complexity index is 516. The lowest BCUT2D eigenvalue weighted by Crippen LogP contribution is -2.41. The quantitative estimate of drug-likeness (QED) is 0.868. The molecule has 6 heteroatoms. The number of rotatable bonds is 6. The minimum Gasteiger partial charge on any atom is -0.340 e. The molecule has 0 unspecified atom stereocenters. The van der Waals surface area contributed by atoms with Crippen LogP contribution in [-0.2, 0) is 11.3 Å². The van der Waals surface area contributed by atoms with Crippen LogP contribution in [0.4, 0.5) is 4.39 Å². The fraction of sp³-hybridized carbons (Fsp3) is 0.429. The van der Waals surface area contributed by atoms with Gasteiger partial charge >= 0.3 is 0 Å². The summed E-state index contributed by atoms with van der Waals surface area (Å²) in [6, 6.07) is 5.47. The highest BCUT2D eigenvalue weighted by Crippen LogP contribution is 2.13. The van der Waals surface area contributed by atoms with Crippen LogP contribution in [0, 0.1) is 17.1 Å². The van der Waals surface area contributed by atoms with Crippen molar-refractivity contribution < 1.29 is 9.18 Å². The maximum Gasteiger partial charge on any atom is 0.239 e. The third-order valence-electron chi connectivity index (χ3n) is 2.91. The number of benzene rings is 1. The number of amides is 1. The van der Waals surface area contributed by atoms with Crippen molar-refractivity contribution in [2.24, 2.45) is 5.73 Å². The Morgan fingerprint density at radius 1 is 1.60 bits per heavy atom. The molecule has 1 aromatic rings. The van der Waals surface area contributed by atoms with Crippen LogP contribution in [0.25, 0.3) is 0 Å². The van der Waals surface area contributed by atoms with Gasteiger partial charge in [-0.1, -0.05) is 0 Å². The van der Waals surface area contributed by atoms with Crippen molar-refractivity contribution in [2.75, 3.05) is 19.1 Å². The minimum atomic E-state index is -0.574. The van der Waals surface area contributed by atoms with E-state index in [1.54, 1.807) is 18.8 Å². The van der Waals surface area contributed by atoms with E-state index in [2.05, 4.69) is 0 Å². The van der Waals surface area contributed by atoms with Gasteiger partial charge in [0.2, 0.25) is 5.91 Å². The number of nitrogens with zero attached hydrogens (tertiary/aromatic N) is 2. The zero-order chi connectivity index (χ0) is 15.1. The number of hydrogen-bond acceptors (Lipinski definition) is 4. The monoisotopic (exact) mass is 295 g/mol. The molecule has 0 radical (unpaired) electrons. The maximum atomic E-state index is 13.7. The molecule has 0 aliphatic carbocycles. The second-order valence-corrected chi connectivity index (χ2v) is 5.49. The standard InChI is InChI=1S/C14H18FN3OS/c1-18(14(19)13(17)5-6-20-2)9-11-7-10(8-16)3-4-12(11)15/h3-4,7,13H,5-6,9,17H2,1-2H3/t13-/m0/s1. The fourth-order valence-electron chi connectivity index (χ4n) is 1.75. The van der Waals surface area contributed by atoms with E-state index in [1.165, 1.54) is 23.1 Å². The van der Waals surface area contributed by atoms with Crippen molar-refractivity contribution in [3.63, 3.8) is 0 Å². The average molecular weight is 295 g/mol. The fourth-order valence-corrected chi connectivity index (χ4v) is 2.24. The molecule has 1 aromatic carbocycles. The highest BCUT2D eigenvalue weighted by atomic mass is 32.2. The summed E-state index contributed by atoms with van der Waals surface area (Å²) in [4.78, 5) is 13.4. The van der Waals surface area contributed by atoms with E-state index in [0.717, 1.165) is 5.75 Å². The smallest absolute Gasteiger partial charge is 0.239 e. The third-order valence-corrected chi connectivity index (χ3v) is 3.55. The van der Waals surface area contributed by atoms with Gasteiger partial charge in [0.1, 0.15) is 5.82 Å². The molecular weight excluding hydrogens is 277 g/mol. The predicted octanol–water partition coefficient (Wildman–Crippen LogP) is 1.74. The van der Waals surface area contributed by atoms with Gasteiger partial charge in [-0.15, -0.1) is 0 Å². The first-order valence-electron chi connectivity index (χ1n) is 6.17. The molecule has 0 bridgehead atoms. The summed E-state index contributed by atoms with van der Waals surface area (Å²) in [5, 5.41) is 8.81. The largest absolute Gasteiger partial charge is 0.340 e. The lowest BCUT2D eigenvalue weighted by atomic mass is 10.1. The van der Waals surface area contributed by atoms with Crippen molar-refractivity contribution in [1.29, 1.82) is 5.26 Å². The molecule has 0 heterocycles. The zero-order valence-electron chi connectivity index (χ0n) is 11.6. The Hall–Kier alpha value is -1.58. The van der Waals surface area contributed by atoms with Crippen LogP contribution >= 0.6 is 11.8 Å². The Kier molecular flexibility index (Phi) is 6.49. The molecule has 0 spiro atoms. The van der Waals surface area contributed by atoms with Gasteiger partial charge in [0, 0.05) is 19.2 Å². The molecule has 4 nitrogen and oxygen atoms in total. The Morgan fingerprint density at radius 2 is 2.30 bits per heavy atom. The molecule has 1 amide bonds. The summed E-state index contributed by atoms with van der Waals surface area (Å²) in [6.07, 6.45) is 2.54. The number of nitriles is 1. The molecule has 1 atom stereocenters. The first-order valence-corrected chi connectivity index (χ1v) is 7.57. The topological polar surface area (TPSA) is 70.1 Å².